The third-order valence-electron chi connectivity index (χ3n) is 4.75. The van der Waals surface area contributed by atoms with Crippen LogP contribution in [0.5, 0.6) is 0 Å². The lowest BCUT2D eigenvalue weighted by Crippen LogP contribution is -2.45. The zero-order chi connectivity index (χ0) is 19.7. The predicted molar refractivity (Wildman–Crippen MR) is 106 cm³/mol. The monoisotopic (exact) mass is 380 g/mol. The molecule has 1 N–H and O–H groups in total. The number of pyridine rings is 1. The molecule has 27 heavy (non-hydrogen) atoms. The molecule has 3 rings (SSSR count). The molecule has 1 aromatic carbocycles. The van der Waals surface area contributed by atoms with E-state index >= 15 is 0 Å². The van der Waals surface area contributed by atoms with Gasteiger partial charge in [-0.25, -0.2) is 4.98 Å². The Morgan fingerprint density at radius 3 is 2.70 bits per heavy atom. The largest absolute Gasteiger partial charge is 0.323 e. The minimum Gasteiger partial charge on any atom is -0.323 e. The highest BCUT2D eigenvalue weighted by molar-refractivity contribution is 8.00. The van der Waals surface area contributed by atoms with Crippen molar-refractivity contribution in [3.05, 3.63) is 46.6 Å². The molecule has 0 radical (unpaired) electrons. The van der Waals surface area contributed by atoms with Crippen LogP contribution < -0.4 is 10.2 Å². The Labute approximate surface area is 162 Å². The lowest BCUT2D eigenvalue weighted by Gasteiger charge is -2.30. The van der Waals surface area contributed by atoms with E-state index in [-0.39, 0.29) is 18.4 Å². The number of nitriles is 1. The van der Waals surface area contributed by atoms with Crippen LogP contribution >= 0.6 is 11.8 Å². The Hall–Kier alpha value is -2.85. The molecular weight excluding hydrogens is 360 g/mol. The molecule has 6 nitrogen and oxygen atoms in total. The number of hydrogen-bond donors (Lipinski definition) is 1. The highest BCUT2D eigenvalue weighted by atomic mass is 32.2. The summed E-state index contributed by atoms with van der Waals surface area (Å²) in [5, 5.41) is 12.4. The molecule has 0 bridgehead atoms. The minimum absolute atomic E-state index is 0.0226. The Morgan fingerprint density at radius 2 is 2.00 bits per heavy atom. The standard InChI is InChI=1S/C20H20N4O2S/c1-11-12(2)15(9-21)19(22-13(11)3)27-14(4)20(26)24-10-18(25)23-16-7-5-6-8-17(16)24/h5-8,14H,10H2,1-4H3,(H,23,25)/t14-/m1/s1. The second-order valence-corrected chi connectivity index (χ2v) is 7.82. The van der Waals surface area contributed by atoms with Crippen molar-refractivity contribution in [3.63, 3.8) is 0 Å². The van der Waals surface area contributed by atoms with Gasteiger partial charge in [-0.1, -0.05) is 23.9 Å². The molecule has 1 aliphatic rings. The highest BCUT2D eigenvalue weighted by Gasteiger charge is 2.31. The summed E-state index contributed by atoms with van der Waals surface area (Å²) >= 11 is 1.25. The van der Waals surface area contributed by atoms with Crippen LogP contribution in [-0.4, -0.2) is 28.6 Å². The van der Waals surface area contributed by atoms with Gasteiger partial charge in [-0.05, 0) is 51.0 Å². The van der Waals surface area contributed by atoms with Crippen molar-refractivity contribution in [2.24, 2.45) is 0 Å². The van der Waals surface area contributed by atoms with Crippen LogP contribution in [0.1, 0.15) is 29.3 Å². The summed E-state index contributed by atoms with van der Waals surface area (Å²) in [7, 11) is 0. The maximum Gasteiger partial charge on any atom is 0.244 e. The average molecular weight is 380 g/mol. The topological polar surface area (TPSA) is 86.1 Å². The van der Waals surface area contributed by atoms with Crippen LogP contribution in [0.4, 0.5) is 11.4 Å². The number of rotatable bonds is 3. The van der Waals surface area contributed by atoms with Crippen molar-refractivity contribution in [1.29, 1.82) is 5.26 Å². The van der Waals surface area contributed by atoms with Gasteiger partial charge in [-0.15, -0.1) is 0 Å². The summed E-state index contributed by atoms with van der Waals surface area (Å²) in [6.07, 6.45) is 0. The van der Waals surface area contributed by atoms with Gasteiger partial charge in [-0.3, -0.25) is 14.5 Å². The van der Waals surface area contributed by atoms with E-state index in [1.165, 1.54) is 16.7 Å². The maximum absolute atomic E-state index is 13.1. The number of fused-ring (bicyclic) bond motifs is 1. The summed E-state index contributed by atoms with van der Waals surface area (Å²) < 4.78 is 0. The number of carbonyl (C=O) groups is 2. The van der Waals surface area contributed by atoms with Crippen LogP contribution in [0.25, 0.3) is 0 Å². The third kappa shape index (κ3) is 3.53. The molecule has 0 spiro atoms. The number of nitrogens with one attached hydrogen (secondary N) is 1. The summed E-state index contributed by atoms with van der Waals surface area (Å²) in [6, 6.07) is 9.43. The van der Waals surface area contributed by atoms with Crippen LogP contribution in [0, 0.1) is 32.1 Å². The number of anilines is 2. The maximum atomic E-state index is 13.1. The summed E-state index contributed by atoms with van der Waals surface area (Å²) in [4.78, 5) is 31.1. The zero-order valence-electron chi connectivity index (χ0n) is 15.7. The van der Waals surface area contributed by atoms with Crippen LogP contribution in [0.3, 0.4) is 0 Å². The molecule has 1 atom stereocenters. The fourth-order valence-electron chi connectivity index (χ4n) is 3.00. The number of nitrogens with zero attached hydrogens (tertiary/aromatic N) is 3. The fourth-order valence-corrected chi connectivity index (χ4v) is 4.06. The van der Waals surface area contributed by atoms with Gasteiger partial charge in [0.25, 0.3) is 0 Å². The van der Waals surface area contributed by atoms with Gasteiger partial charge in [0.1, 0.15) is 17.6 Å². The van der Waals surface area contributed by atoms with E-state index in [9.17, 15) is 14.9 Å². The van der Waals surface area contributed by atoms with E-state index in [0.29, 0.717) is 22.0 Å². The molecule has 0 unspecified atom stereocenters. The van der Waals surface area contributed by atoms with Crippen molar-refractivity contribution in [2.75, 3.05) is 16.8 Å². The lowest BCUT2D eigenvalue weighted by atomic mass is 10.1. The molecular formula is C20H20N4O2S. The molecule has 2 heterocycles. The first kappa shape index (κ1) is 18.9. The van der Waals surface area contributed by atoms with Gasteiger partial charge in [0.15, 0.2) is 0 Å². The molecule has 0 fully saturated rings. The van der Waals surface area contributed by atoms with Crippen LogP contribution in [-0.2, 0) is 9.59 Å². The molecule has 138 valence electrons. The number of thioether (sulfide) groups is 1. The van der Waals surface area contributed by atoms with Crippen molar-refractivity contribution in [2.45, 2.75) is 38.0 Å². The number of aromatic nitrogens is 1. The molecule has 2 aromatic rings. The van der Waals surface area contributed by atoms with Gasteiger partial charge >= 0.3 is 0 Å². The van der Waals surface area contributed by atoms with Crippen molar-refractivity contribution < 1.29 is 9.59 Å². The van der Waals surface area contributed by atoms with Crippen molar-refractivity contribution >= 4 is 35.0 Å². The fraction of sp³-hybridized carbons (Fsp3) is 0.300. The number of para-hydroxylation sites is 2. The van der Waals surface area contributed by atoms with Crippen LogP contribution in [0.2, 0.25) is 0 Å². The van der Waals surface area contributed by atoms with E-state index in [1.54, 1.807) is 13.0 Å². The summed E-state index contributed by atoms with van der Waals surface area (Å²) in [5.74, 6) is -0.416. The molecule has 2 amide bonds. The van der Waals surface area contributed by atoms with Crippen molar-refractivity contribution in [1.82, 2.24) is 4.98 Å². The number of benzene rings is 1. The summed E-state index contributed by atoms with van der Waals surface area (Å²) in [5.41, 5.74) is 4.51. The molecule has 0 saturated carbocycles. The van der Waals surface area contributed by atoms with E-state index in [4.69, 9.17) is 0 Å². The van der Waals surface area contributed by atoms with Gasteiger partial charge in [0.2, 0.25) is 11.8 Å². The molecule has 1 aromatic heterocycles. The first-order valence-electron chi connectivity index (χ1n) is 8.58. The SMILES string of the molecule is Cc1nc(S[C@H](C)C(=O)N2CC(=O)Nc3ccccc32)c(C#N)c(C)c1C. The van der Waals surface area contributed by atoms with Gasteiger partial charge in [0.05, 0.1) is 22.2 Å². The first-order chi connectivity index (χ1) is 12.8. The third-order valence-corrected chi connectivity index (χ3v) is 5.82. The molecule has 7 heteroatoms. The summed E-state index contributed by atoms with van der Waals surface area (Å²) in [6.45, 7) is 7.47. The highest BCUT2D eigenvalue weighted by Crippen LogP contribution is 2.33. The molecule has 1 aliphatic heterocycles. The number of hydrogen-bond acceptors (Lipinski definition) is 5. The second kappa shape index (κ2) is 7.41. The van der Waals surface area contributed by atoms with Gasteiger partial charge < -0.3 is 5.32 Å². The first-order valence-corrected chi connectivity index (χ1v) is 9.46. The number of amides is 2. The van der Waals surface area contributed by atoms with E-state index in [1.807, 2.05) is 39.0 Å². The number of carbonyl (C=O) groups excluding carboxylic acids is 2. The number of aryl methyl sites for hydroxylation is 1. The van der Waals surface area contributed by atoms with Gasteiger partial charge in [-0.2, -0.15) is 5.26 Å². The Kier molecular flexibility index (Phi) is 5.19. The zero-order valence-corrected chi connectivity index (χ0v) is 16.5. The Bertz CT molecular complexity index is 981. The normalized spacial score (nSPS) is 14.2. The predicted octanol–water partition coefficient (Wildman–Crippen LogP) is 3.34. The smallest absolute Gasteiger partial charge is 0.244 e. The van der Waals surface area contributed by atoms with Gasteiger partial charge in [0, 0.05) is 5.69 Å². The quantitative estimate of drug-likeness (QED) is 0.826. The van der Waals surface area contributed by atoms with Crippen molar-refractivity contribution in [3.8, 4) is 6.07 Å². The van der Waals surface area contributed by atoms with Crippen LogP contribution in [0.15, 0.2) is 29.3 Å². The average Bonchev–Trinajstić information content (AvgIpc) is 2.65. The molecule has 0 saturated heterocycles. The van der Waals surface area contributed by atoms with E-state index in [2.05, 4.69) is 16.4 Å². The minimum atomic E-state index is -0.495. The second-order valence-electron chi connectivity index (χ2n) is 6.49. The molecule has 0 aliphatic carbocycles. The Balaban J connectivity index is 1.90. The van der Waals surface area contributed by atoms with E-state index < -0.39 is 5.25 Å². The van der Waals surface area contributed by atoms with E-state index in [0.717, 1.165) is 16.8 Å². The lowest BCUT2D eigenvalue weighted by molar-refractivity contribution is -0.121. The Morgan fingerprint density at radius 1 is 1.30 bits per heavy atom.